The van der Waals surface area contributed by atoms with Gasteiger partial charge in [-0.3, -0.25) is 0 Å². The number of hydrogen-bond donors (Lipinski definition) is 4. The first-order valence-corrected chi connectivity index (χ1v) is 5.30. The fraction of sp³-hybridized carbons (Fsp3) is 0.500. The lowest BCUT2D eigenvalue weighted by atomic mass is 9.93. The van der Waals surface area contributed by atoms with Gasteiger partial charge in [-0.1, -0.05) is 19.1 Å². The molecule has 1 aromatic carbocycles. The molecule has 90 valence electrons. The van der Waals surface area contributed by atoms with Crippen LogP contribution in [0.2, 0.25) is 0 Å². The maximum atomic E-state index is 9.10. The number of phenolic OH excluding ortho intramolecular Hbond substituents is 1. The molecule has 0 aliphatic carbocycles. The molecule has 0 heterocycles. The van der Waals surface area contributed by atoms with E-state index in [0.29, 0.717) is 13.1 Å². The highest BCUT2D eigenvalue weighted by atomic mass is 16.3. The van der Waals surface area contributed by atoms with Crippen LogP contribution in [0.15, 0.2) is 24.3 Å². The summed E-state index contributed by atoms with van der Waals surface area (Å²) >= 11 is 0. The fourth-order valence-corrected chi connectivity index (χ4v) is 1.28. The molecule has 1 aromatic rings. The maximum absolute atomic E-state index is 9.10. The Morgan fingerprint density at radius 2 is 1.69 bits per heavy atom. The fourth-order valence-electron chi connectivity index (χ4n) is 1.28. The van der Waals surface area contributed by atoms with E-state index in [4.69, 9.17) is 15.3 Å². The highest BCUT2D eigenvalue weighted by molar-refractivity contribution is 5.25. The number of rotatable bonds is 6. The second kappa shape index (κ2) is 5.84. The van der Waals surface area contributed by atoms with Gasteiger partial charge >= 0.3 is 0 Å². The van der Waals surface area contributed by atoms with Crippen molar-refractivity contribution in [2.75, 3.05) is 19.8 Å². The highest BCUT2D eigenvalue weighted by Gasteiger charge is 2.21. The van der Waals surface area contributed by atoms with Crippen molar-refractivity contribution in [2.24, 2.45) is 5.41 Å². The van der Waals surface area contributed by atoms with Crippen LogP contribution in [0.1, 0.15) is 12.5 Å². The van der Waals surface area contributed by atoms with E-state index < -0.39 is 5.41 Å². The molecule has 0 bridgehead atoms. The zero-order valence-electron chi connectivity index (χ0n) is 9.48. The molecule has 0 aliphatic rings. The topological polar surface area (TPSA) is 72.7 Å². The molecule has 0 aromatic heterocycles. The van der Waals surface area contributed by atoms with Gasteiger partial charge in [0.05, 0.1) is 13.2 Å². The maximum Gasteiger partial charge on any atom is 0.115 e. The first kappa shape index (κ1) is 13.0. The number of aliphatic hydroxyl groups is 2. The van der Waals surface area contributed by atoms with Gasteiger partial charge < -0.3 is 20.6 Å². The van der Waals surface area contributed by atoms with E-state index in [-0.39, 0.29) is 19.0 Å². The molecule has 4 N–H and O–H groups in total. The van der Waals surface area contributed by atoms with Crippen LogP contribution in [0.5, 0.6) is 5.75 Å². The van der Waals surface area contributed by atoms with E-state index in [9.17, 15) is 0 Å². The quantitative estimate of drug-likeness (QED) is 0.568. The Morgan fingerprint density at radius 1 is 1.12 bits per heavy atom. The van der Waals surface area contributed by atoms with E-state index in [2.05, 4.69) is 5.32 Å². The van der Waals surface area contributed by atoms with E-state index in [1.165, 1.54) is 0 Å². The lowest BCUT2D eigenvalue weighted by Crippen LogP contribution is -2.37. The number of nitrogens with one attached hydrogen (secondary N) is 1. The van der Waals surface area contributed by atoms with Crippen LogP contribution in [0.4, 0.5) is 0 Å². The van der Waals surface area contributed by atoms with E-state index in [1.807, 2.05) is 19.1 Å². The van der Waals surface area contributed by atoms with Crippen molar-refractivity contribution in [3.05, 3.63) is 29.8 Å². The summed E-state index contributed by atoms with van der Waals surface area (Å²) in [5.74, 6) is 0.249. The third-order valence-electron chi connectivity index (χ3n) is 2.58. The summed E-state index contributed by atoms with van der Waals surface area (Å²) in [4.78, 5) is 0. The molecule has 0 amide bonds. The molecule has 0 aliphatic heterocycles. The lowest BCUT2D eigenvalue weighted by Gasteiger charge is -2.24. The van der Waals surface area contributed by atoms with Gasteiger partial charge in [-0.05, 0) is 17.7 Å². The number of aromatic hydroxyl groups is 1. The molecule has 4 nitrogen and oxygen atoms in total. The monoisotopic (exact) mass is 225 g/mol. The Kier molecular flexibility index (Phi) is 4.73. The normalized spacial score (nSPS) is 11.7. The Bertz CT molecular complexity index is 307. The molecule has 0 fully saturated rings. The number of phenols is 1. The van der Waals surface area contributed by atoms with Gasteiger partial charge in [0.15, 0.2) is 0 Å². The Labute approximate surface area is 95.6 Å². The van der Waals surface area contributed by atoms with E-state index >= 15 is 0 Å². The molecule has 0 unspecified atom stereocenters. The number of hydrogen-bond acceptors (Lipinski definition) is 4. The van der Waals surface area contributed by atoms with Crippen LogP contribution in [0.3, 0.4) is 0 Å². The van der Waals surface area contributed by atoms with Crippen molar-refractivity contribution < 1.29 is 15.3 Å². The molecule has 16 heavy (non-hydrogen) atoms. The summed E-state index contributed by atoms with van der Waals surface area (Å²) in [5, 5.41) is 30.4. The van der Waals surface area contributed by atoms with Gasteiger partial charge in [0.1, 0.15) is 5.75 Å². The summed E-state index contributed by atoms with van der Waals surface area (Å²) in [6, 6.07) is 6.93. The molecule has 0 radical (unpaired) electrons. The number of benzene rings is 1. The molecule has 1 rings (SSSR count). The summed E-state index contributed by atoms with van der Waals surface area (Å²) in [5.41, 5.74) is 0.563. The first-order chi connectivity index (χ1) is 7.59. The molecule has 0 spiro atoms. The Balaban J connectivity index is 2.38. The summed E-state index contributed by atoms with van der Waals surface area (Å²) < 4.78 is 0. The molecule has 4 heteroatoms. The summed E-state index contributed by atoms with van der Waals surface area (Å²) in [6.07, 6.45) is 0. The van der Waals surface area contributed by atoms with Crippen LogP contribution in [-0.4, -0.2) is 35.1 Å². The Hall–Kier alpha value is -1.10. The summed E-state index contributed by atoms with van der Waals surface area (Å²) in [6.45, 7) is 2.91. The third-order valence-corrected chi connectivity index (χ3v) is 2.58. The average molecular weight is 225 g/mol. The zero-order valence-corrected chi connectivity index (χ0v) is 9.48. The van der Waals surface area contributed by atoms with Crippen molar-refractivity contribution in [1.29, 1.82) is 0 Å². The van der Waals surface area contributed by atoms with Crippen LogP contribution >= 0.6 is 0 Å². The summed E-state index contributed by atoms with van der Waals surface area (Å²) in [7, 11) is 0. The minimum atomic E-state index is -0.489. The van der Waals surface area contributed by atoms with Crippen molar-refractivity contribution >= 4 is 0 Å². The van der Waals surface area contributed by atoms with Crippen LogP contribution in [0, 0.1) is 5.41 Å². The smallest absolute Gasteiger partial charge is 0.115 e. The third kappa shape index (κ3) is 3.81. The van der Waals surface area contributed by atoms with Gasteiger partial charge in [0.25, 0.3) is 0 Å². The van der Waals surface area contributed by atoms with Gasteiger partial charge in [0, 0.05) is 18.5 Å². The van der Waals surface area contributed by atoms with Crippen LogP contribution < -0.4 is 5.32 Å². The van der Waals surface area contributed by atoms with Crippen molar-refractivity contribution in [3.8, 4) is 5.75 Å². The van der Waals surface area contributed by atoms with Crippen molar-refractivity contribution in [2.45, 2.75) is 13.5 Å². The predicted molar refractivity (Wildman–Crippen MR) is 62.1 cm³/mol. The van der Waals surface area contributed by atoms with Crippen LogP contribution in [0.25, 0.3) is 0 Å². The second-order valence-corrected chi connectivity index (χ2v) is 4.40. The molecule has 0 saturated carbocycles. The van der Waals surface area contributed by atoms with Crippen LogP contribution in [-0.2, 0) is 6.54 Å². The van der Waals surface area contributed by atoms with Gasteiger partial charge in [0.2, 0.25) is 0 Å². The first-order valence-electron chi connectivity index (χ1n) is 5.30. The zero-order chi connectivity index (χ0) is 12.0. The predicted octanol–water partition coefficient (Wildman–Crippen LogP) is 0.473. The standard InChI is InChI=1S/C12H19NO3/c1-12(8-14,9-15)7-13-6-10-2-4-11(16)5-3-10/h2-5,13-16H,6-9H2,1H3. The minimum Gasteiger partial charge on any atom is -0.508 e. The lowest BCUT2D eigenvalue weighted by molar-refractivity contribution is 0.0695. The van der Waals surface area contributed by atoms with Gasteiger partial charge in [-0.2, -0.15) is 0 Å². The average Bonchev–Trinajstić information content (AvgIpc) is 2.31. The van der Waals surface area contributed by atoms with Gasteiger partial charge in [-0.15, -0.1) is 0 Å². The van der Waals surface area contributed by atoms with E-state index in [1.54, 1.807) is 12.1 Å². The van der Waals surface area contributed by atoms with E-state index in [0.717, 1.165) is 5.56 Å². The van der Waals surface area contributed by atoms with Crippen molar-refractivity contribution in [3.63, 3.8) is 0 Å². The second-order valence-electron chi connectivity index (χ2n) is 4.40. The molecular weight excluding hydrogens is 206 g/mol. The van der Waals surface area contributed by atoms with Crippen molar-refractivity contribution in [1.82, 2.24) is 5.32 Å². The largest absolute Gasteiger partial charge is 0.508 e. The Morgan fingerprint density at radius 3 is 2.19 bits per heavy atom. The van der Waals surface area contributed by atoms with Gasteiger partial charge in [-0.25, -0.2) is 0 Å². The minimum absolute atomic E-state index is 0.0495. The molecule has 0 atom stereocenters. The molecule has 0 saturated heterocycles. The SMILES string of the molecule is CC(CO)(CO)CNCc1ccc(O)cc1. The highest BCUT2D eigenvalue weighted by Crippen LogP contribution is 2.13. The number of aliphatic hydroxyl groups excluding tert-OH is 2. The molecular formula is C12H19NO3.